The number of rotatable bonds is 2. The lowest BCUT2D eigenvalue weighted by Crippen LogP contribution is -2.01. The van der Waals surface area contributed by atoms with E-state index in [4.69, 9.17) is 4.74 Å². The van der Waals surface area contributed by atoms with E-state index in [2.05, 4.69) is 25.9 Å². The number of nitrogens with zero attached hydrogens (tertiary/aromatic N) is 1. The van der Waals surface area contributed by atoms with Crippen LogP contribution in [-0.4, -0.2) is 23.0 Å². The highest BCUT2D eigenvalue weighted by Crippen LogP contribution is 2.29. The second-order valence-corrected chi connectivity index (χ2v) is 6.21. The van der Waals surface area contributed by atoms with E-state index in [-0.39, 0.29) is 5.97 Å². The Morgan fingerprint density at radius 3 is 3.00 bits per heavy atom. The van der Waals surface area contributed by atoms with Gasteiger partial charge >= 0.3 is 5.97 Å². The lowest BCUT2D eigenvalue weighted by molar-refractivity contribution is 0.0603. The highest BCUT2D eigenvalue weighted by Gasteiger charge is 2.14. The van der Waals surface area contributed by atoms with Gasteiger partial charge in [0, 0.05) is 10.9 Å². The molecule has 4 nitrogen and oxygen atoms in total. The summed E-state index contributed by atoms with van der Waals surface area (Å²) in [6.07, 6.45) is 0. The number of aromatic amines is 1. The van der Waals surface area contributed by atoms with E-state index in [9.17, 15) is 4.79 Å². The number of H-pyrrole nitrogens is 1. The van der Waals surface area contributed by atoms with Gasteiger partial charge in [-0.1, -0.05) is 6.07 Å². The molecule has 0 bridgehead atoms. The van der Waals surface area contributed by atoms with Gasteiger partial charge in [0.15, 0.2) is 0 Å². The normalized spacial score (nSPS) is 10.8. The number of carbonyl (C=O) groups excluding carboxylic acids is 1. The zero-order valence-electron chi connectivity index (χ0n) is 9.94. The van der Waals surface area contributed by atoms with Gasteiger partial charge in [0.1, 0.15) is 11.3 Å². The molecule has 0 aliphatic heterocycles. The Kier molecular flexibility index (Phi) is 3.12. The van der Waals surface area contributed by atoms with Crippen LogP contribution in [-0.2, 0) is 4.74 Å². The first-order chi connectivity index (χ1) is 9.19. The van der Waals surface area contributed by atoms with E-state index in [1.54, 1.807) is 23.5 Å². The molecule has 0 radical (unpaired) electrons. The molecule has 1 aromatic carbocycles. The highest BCUT2D eigenvalue weighted by molar-refractivity contribution is 9.11. The number of nitrogens with one attached hydrogen (secondary N) is 1. The number of para-hydroxylation sites is 1. The summed E-state index contributed by atoms with van der Waals surface area (Å²) >= 11 is 5.01. The molecule has 0 saturated carbocycles. The molecule has 2 aromatic heterocycles. The van der Waals surface area contributed by atoms with Gasteiger partial charge in [0.05, 0.1) is 22.0 Å². The van der Waals surface area contributed by atoms with Gasteiger partial charge in [-0.25, -0.2) is 9.78 Å². The Morgan fingerprint density at radius 2 is 2.32 bits per heavy atom. The smallest absolute Gasteiger partial charge is 0.340 e. The number of thiophene rings is 1. The maximum absolute atomic E-state index is 11.7. The van der Waals surface area contributed by atoms with Gasteiger partial charge in [0.25, 0.3) is 0 Å². The molecule has 3 aromatic rings. The Balaban J connectivity index is 2.18. The second-order valence-electron chi connectivity index (χ2n) is 3.92. The molecule has 19 heavy (non-hydrogen) atoms. The van der Waals surface area contributed by atoms with Crippen molar-refractivity contribution in [1.82, 2.24) is 9.97 Å². The SMILES string of the molecule is COC(=O)c1cccc2[nH]c(-c3csc(Br)c3)nc12. The zero-order chi connectivity index (χ0) is 13.4. The third-order valence-corrected chi connectivity index (χ3v) is 4.26. The Morgan fingerprint density at radius 1 is 1.47 bits per heavy atom. The van der Waals surface area contributed by atoms with E-state index in [1.807, 2.05) is 17.5 Å². The van der Waals surface area contributed by atoms with Crippen molar-refractivity contribution in [2.24, 2.45) is 0 Å². The summed E-state index contributed by atoms with van der Waals surface area (Å²) in [7, 11) is 1.37. The Labute approximate surface area is 121 Å². The van der Waals surface area contributed by atoms with Gasteiger partial charge < -0.3 is 9.72 Å². The topological polar surface area (TPSA) is 55.0 Å². The van der Waals surface area contributed by atoms with Crippen LogP contribution in [0.5, 0.6) is 0 Å². The van der Waals surface area contributed by atoms with Gasteiger partial charge in [0.2, 0.25) is 0 Å². The fraction of sp³-hybridized carbons (Fsp3) is 0.0769. The molecular formula is C13H9BrN2O2S. The van der Waals surface area contributed by atoms with Crippen LogP contribution >= 0.6 is 27.3 Å². The lowest BCUT2D eigenvalue weighted by Gasteiger charge is -1.98. The Hall–Kier alpha value is -1.66. The largest absolute Gasteiger partial charge is 0.465 e. The number of hydrogen-bond donors (Lipinski definition) is 1. The van der Waals surface area contributed by atoms with Crippen molar-refractivity contribution in [1.29, 1.82) is 0 Å². The zero-order valence-corrected chi connectivity index (χ0v) is 12.3. The van der Waals surface area contributed by atoms with E-state index in [1.165, 1.54) is 7.11 Å². The highest BCUT2D eigenvalue weighted by atomic mass is 79.9. The molecule has 2 heterocycles. The number of halogens is 1. The van der Waals surface area contributed by atoms with Crippen molar-refractivity contribution >= 4 is 44.3 Å². The fourth-order valence-electron chi connectivity index (χ4n) is 1.88. The average Bonchev–Trinajstić information content (AvgIpc) is 3.02. The van der Waals surface area contributed by atoms with Crippen molar-refractivity contribution in [3.8, 4) is 11.4 Å². The van der Waals surface area contributed by atoms with E-state index < -0.39 is 0 Å². The number of aromatic nitrogens is 2. The standard InChI is InChI=1S/C13H9BrN2O2S/c1-18-13(17)8-3-2-4-9-11(8)16-12(15-9)7-5-10(14)19-6-7/h2-6H,1H3,(H,15,16). The maximum atomic E-state index is 11.7. The van der Waals surface area contributed by atoms with Gasteiger partial charge in [-0.05, 0) is 34.1 Å². The van der Waals surface area contributed by atoms with Gasteiger partial charge in [-0.2, -0.15) is 0 Å². The van der Waals surface area contributed by atoms with Gasteiger partial charge in [-0.15, -0.1) is 11.3 Å². The molecule has 96 valence electrons. The predicted octanol–water partition coefficient (Wildman–Crippen LogP) is 3.84. The minimum Gasteiger partial charge on any atom is -0.465 e. The van der Waals surface area contributed by atoms with Crippen LogP contribution in [0, 0.1) is 0 Å². The van der Waals surface area contributed by atoms with Crippen LogP contribution in [0.25, 0.3) is 22.4 Å². The third-order valence-electron chi connectivity index (χ3n) is 2.76. The number of hydrogen-bond acceptors (Lipinski definition) is 4. The average molecular weight is 337 g/mol. The van der Waals surface area contributed by atoms with Crippen LogP contribution in [0.2, 0.25) is 0 Å². The monoisotopic (exact) mass is 336 g/mol. The second kappa shape index (κ2) is 4.79. The molecule has 0 aliphatic carbocycles. The molecule has 6 heteroatoms. The quantitative estimate of drug-likeness (QED) is 0.723. The number of carbonyl (C=O) groups is 1. The first-order valence-electron chi connectivity index (χ1n) is 5.50. The molecule has 0 amide bonds. The number of fused-ring (bicyclic) bond motifs is 1. The number of esters is 1. The molecule has 0 aliphatic rings. The summed E-state index contributed by atoms with van der Waals surface area (Å²) in [5, 5.41) is 2.00. The van der Waals surface area contributed by atoms with E-state index >= 15 is 0 Å². The number of imidazole rings is 1. The van der Waals surface area contributed by atoms with Gasteiger partial charge in [-0.3, -0.25) is 0 Å². The van der Waals surface area contributed by atoms with Crippen LogP contribution < -0.4 is 0 Å². The summed E-state index contributed by atoms with van der Waals surface area (Å²) in [4.78, 5) is 19.4. The van der Waals surface area contributed by atoms with Crippen LogP contribution in [0.3, 0.4) is 0 Å². The molecular weight excluding hydrogens is 328 g/mol. The third kappa shape index (κ3) is 2.17. The van der Waals surface area contributed by atoms with Crippen LogP contribution in [0.1, 0.15) is 10.4 Å². The summed E-state index contributed by atoms with van der Waals surface area (Å²) in [6.45, 7) is 0. The molecule has 1 N–H and O–H groups in total. The molecule has 3 rings (SSSR count). The van der Waals surface area contributed by atoms with E-state index in [0.717, 1.165) is 20.7 Å². The maximum Gasteiger partial charge on any atom is 0.340 e. The van der Waals surface area contributed by atoms with Crippen molar-refractivity contribution in [3.63, 3.8) is 0 Å². The number of ether oxygens (including phenoxy) is 1. The summed E-state index contributed by atoms with van der Waals surface area (Å²) in [5.74, 6) is 0.364. The first kappa shape index (κ1) is 12.4. The Bertz CT molecular complexity index is 763. The molecule has 0 spiro atoms. The molecule has 0 fully saturated rings. The number of methoxy groups -OCH3 is 1. The first-order valence-corrected chi connectivity index (χ1v) is 7.18. The van der Waals surface area contributed by atoms with Crippen molar-refractivity contribution in [2.45, 2.75) is 0 Å². The van der Waals surface area contributed by atoms with Crippen molar-refractivity contribution in [3.05, 3.63) is 39.0 Å². The molecule has 0 atom stereocenters. The number of benzene rings is 1. The summed E-state index contributed by atoms with van der Waals surface area (Å²) in [6, 6.07) is 7.39. The molecule has 0 saturated heterocycles. The van der Waals surface area contributed by atoms with Crippen LogP contribution in [0.15, 0.2) is 33.4 Å². The minimum absolute atomic E-state index is 0.379. The van der Waals surface area contributed by atoms with Crippen LogP contribution in [0.4, 0.5) is 0 Å². The molecule has 0 unspecified atom stereocenters. The fourth-order valence-corrected chi connectivity index (χ4v) is 3.02. The summed E-state index contributed by atoms with van der Waals surface area (Å²) < 4.78 is 5.80. The summed E-state index contributed by atoms with van der Waals surface area (Å²) in [5.41, 5.74) is 2.91. The van der Waals surface area contributed by atoms with Crippen molar-refractivity contribution < 1.29 is 9.53 Å². The lowest BCUT2D eigenvalue weighted by atomic mass is 10.2. The van der Waals surface area contributed by atoms with Crippen molar-refractivity contribution in [2.75, 3.05) is 7.11 Å². The minimum atomic E-state index is -0.379. The van der Waals surface area contributed by atoms with E-state index in [0.29, 0.717) is 11.1 Å². The predicted molar refractivity (Wildman–Crippen MR) is 78.4 cm³/mol.